The number of phenols is 1. The number of aromatic hydroxyl groups is 1. The molecule has 1 aromatic rings. The van der Waals surface area contributed by atoms with Crippen LogP contribution in [0.1, 0.15) is 34.3 Å². The number of halogens is 3. The fourth-order valence-electron chi connectivity index (χ4n) is 5.40. The first-order valence-corrected chi connectivity index (χ1v) is 9.99. The topological polar surface area (TPSA) is 152 Å². The Labute approximate surface area is 184 Å². The molecule has 33 heavy (non-hydrogen) atoms. The molecular weight excluding hydrogens is 447 g/mol. The van der Waals surface area contributed by atoms with E-state index in [0.29, 0.717) is 0 Å². The van der Waals surface area contributed by atoms with Gasteiger partial charge in [-0.1, -0.05) is 12.6 Å². The van der Waals surface area contributed by atoms with Crippen LogP contribution in [0.15, 0.2) is 18.7 Å². The summed E-state index contributed by atoms with van der Waals surface area (Å²) in [7, 11) is 0. The number of fused-ring (bicyclic) bond motifs is 3. The van der Waals surface area contributed by atoms with Crippen LogP contribution in [0.5, 0.6) is 5.75 Å². The largest absolute Gasteiger partial charge is 0.507 e. The molecule has 1 amide bonds. The highest BCUT2D eigenvalue weighted by atomic mass is 19.4. The Balaban J connectivity index is 1.83. The van der Waals surface area contributed by atoms with Gasteiger partial charge in [0.25, 0.3) is 0 Å². The molecule has 0 saturated heterocycles. The van der Waals surface area contributed by atoms with Crippen LogP contribution in [0.3, 0.4) is 0 Å². The van der Waals surface area contributed by atoms with Crippen molar-refractivity contribution >= 4 is 34.6 Å². The third-order valence-corrected chi connectivity index (χ3v) is 6.95. The van der Waals surface area contributed by atoms with E-state index in [1.165, 1.54) is 0 Å². The second kappa shape index (κ2) is 7.08. The predicted octanol–water partition coefficient (Wildman–Crippen LogP) is 0.902. The monoisotopic (exact) mass is 465 g/mol. The molecule has 3 aliphatic rings. The van der Waals surface area contributed by atoms with Crippen LogP contribution in [0.4, 0.5) is 13.2 Å². The molecule has 4 N–H and O–H groups in total. The van der Waals surface area contributed by atoms with Crippen LogP contribution < -0.4 is 5.73 Å². The van der Waals surface area contributed by atoms with Crippen molar-refractivity contribution in [1.29, 1.82) is 0 Å². The number of carbonyl (C=O) groups is 5. The van der Waals surface area contributed by atoms with Crippen molar-refractivity contribution in [3.8, 4) is 5.75 Å². The molecule has 2 saturated carbocycles. The number of primary amides is 1. The molecule has 3 aliphatic carbocycles. The molecule has 2 unspecified atom stereocenters. The van der Waals surface area contributed by atoms with E-state index >= 15 is 0 Å². The van der Waals surface area contributed by atoms with Gasteiger partial charge in [-0.15, -0.1) is 0 Å². The summed E-state index contributed by atoms with van der Waals surface area (Å²) in [6.07, 6.45) is -5.83. The van der Waals surface area contributed by atoms with Crippen molar-refractivity contribution in [2.24, 2.45) is 29.4 Å². The number of ketones is 4. The molecule has 8 nitrogen and oxygen atoms in total. The van der Waals surface area contributed by atoms with Crippen LogP contribution in [0.25, 0.3) is 5.57 Å². The quantitative estimate of drug-likeness (QED) is 0.549. The summed E-state index contributed by atoms with van der Waals surface area (Å²) in [6, 6.07) is 1.85. The fraction of sp³-hybridized carbons (Fsp3) is 0.409. The first-order chi connectivity index (χ1) is 15.2. The molecule has 5 atom stereocenters. The number of carbonyl (C=O) groups excluding carboxylic acids is 5. The highest BCUT2D eigenvalue weighted by Crippen LogP contribution is 2.51. The number of phenolic OH excluding ortho intramolecular Hbond substituents is 1. The molecule has 0 aromatic heterocycles. The maximum atomic E-state index is 13.3. The van der Waals surface area contributed by atoms with E-state index in [2.05, 4.69) is 6.58 Å². The van der Waals surface area contributed by atoms with E-state index in [1.54, 1.807) is 0 Å². The standard InChI is InChI=1S/C22H18F3NO7/c1-7(22(23,24)25)10-2-3-12(27)15-11(10)5-8-4-9-6-13(28)16(20(26)32)19(31)21(9,33)18(30)14(8)17(15)29/h2-3,8-9,14,16,27,33H,1,4-6H2,(H2,26,32)/t8-,9+,14?,16?,21+/m1/s1. The smallest absolute Gasteiger partial charge is 0.416 e. The molecule has 11 heteroatoms. The highest BCUT2D eigenvalue weighted by molar-refractivity contribution is 6.31. The molecule has 1 aromatic carbocycles. The summed E-state index contributed by atoms with van der Waals surface area (Å²) < 4.78 is 39.9. The van der Waals surface area contributed by atoms with E-state index in [0.717, 1.165) is 12.1 Å². The van der Waals surface area contributed by atoms with Crippen LogP contribution in [0, 0.1) is 23.7 Å². The molecule has 0 aliphatic heterocycles. The molecule has 0 radical (unpaired) electrons. The zero-order valence-electron chi connectivity index (χ0n) is 16.9. The molecule has 0 spiro atoms. The minimum absolute atomic E-state index is 0.148. The molecule has 174 valence electrons. The number of aliphatic hydroxyl groups is 1. The highest BCUT2D eigenvalue weighted by Gasteiger charge is 2.66. The lowest BCUT2D eigenvalue weighted by Crippen LogP contribution is -2.68. The average molecular weight is 465 g/mol. The van der Waals surface area contributed by atoms with Crippen LogP contribution in [-0.2, 0) is 25.6 Å². The average Bonchev–Trinajstić information content (AvgIpc) is 2.69. The molecule has 0 heterocycles. The number of hydrogen-bond acceptors (Lipinski definition) is 7. The van der Waals surface area contributed by atoms with Crippen molar-refractivity contribution < 1.29 is 47.4 Å². The van der Waals surface area contributed by atoms with Gasteiger partial charge in [-0.2, -0.15) is 13.2 Å². The van der Waals surface area contributed by atoms with Gasteiger partial charge in [-0.25, -0.2) is 0 Å². The molecule has 2 fully saturated rings. The van der Waals surface area contributed by atoms with Gasteiger partial charge >= 0.3 is 6.18 Å². The summed E-state index contributed by atoms with van der Waals surface area (Å²) in [5.41, 5.74) is -0.0395. The van der Waals surface area contributed by atoms with Crippen molar-refractivity contribution in [3.63, 3.8) is 0 Å². The van der Waals surface area contributed by atoms with E-state index in [4.69, 9.17) is 5.73 Å². The van der Waals surface area contributed by atoms with E-state index in [1.807, 2.05) is 0 Å². The number of alkyl halides is 3. The lowest BCUT2D eigenvalue weighted by atomic mass is 9.53. The SMILES string of the molecule is C=C(c1ccc(O)c2c1C[C@H]1C[C@H]3CC(=O)C(C(N)=O)C(=O)[C@@]3(O)C(=O)C1C2=O)C(F)(F)F. The third kappa shape index (κ3) is 3.05. The van der Waals surface area contributed by atoms with Gasteiger partial charge in [0, 0.05) is 12.3 Å². The Kier molecular flexibility index (Phi) is 4.90. The normalized spacial score (nSPS) is 31.5. The Bertz CT molecular complexity index is 1170. The number of rotatable bonds is 2. The van der Waals surface area contributed by atoms with Crippen molar-refractivity contribution in [2.45, 2.75) is 31.0 Å². The zero-order chi connectivity index (χ0) is 24.6. The summed E-state index contributed by atoms with van der Waals surface area (Å²) >= 11 is 0. The lowest BCUT2D eigenvalue weighted by molar-refractivity contribution is -0.175. The zero-order valence-corrected chi connectivity index (χ0v) is 16.9. The maximum Gasteiger partial charge on any atom is 0.416 e. The number of hydrogen-bond donors (Lipinski definition) is 3. The van der Waals surface area contributed by atoms with Crippen molar-refractivity contribution in [3.05, 3.63) is 35.4 Å². The van der Waals surface area contributed by atoms with Crippen LogP contribution in [-0.4, -0.2) is 51.0 Å². The summed E-state index contributed by atoms with van der Waals surface area (Å²) in [5, 5.41) is 21.3. The van der Waals surface area contributed by atoms with Gasteiger partial charge in [-0.3, -0.25) is 24.0 Å². The number of nitrogens with two attached hydrogens (primary N) is 1. The van der Waals surface area contributed by atoms with Crippen LogP contribution >= 0.6 is 0 Å². The molecular formula is C22H18F3NO7. The van der Waals surface area contributed by atoms with E-state index < -0.39 is 93.4 Å². The molecule has 4 rings (SSSR count). The first kappa shape index (κ1) is 22.8. The summed E-state index contributed by atoms with van der Waals surface area (Å²) in [6.45, 7) is 3.04. The predicted molar refractivity (Wildman–Crippen MR) is 104 cm³/mol. The van der Waals surface area contributed by atoms with Gasteiger partial charge < -0.3 is 15.9 Å². The fourth-order valence-corrected chi connectivity index (χ4v) is 5.40. The van der Waals surface area contributed by atoms with Crippen LogP contribution in [0.2, 0.25) is 0 Å². The Morgan fingerprint density at radius 2 is 1.76 bits per heavy atom. The second-order valence-corrected chi connectivity index (χ2v) is 8.70. The number of allylic oxidation sites excluding steroid dienone is 1. The Morgan fingerprint density at radius 3 is 2.33 bits per heavy atom. The summed E-state index contributed by atoms with van der Waals surface area (Å²) in [4.78, 5) is 63.2. The Morgan fingerprint density at radius 1 is 1.12 bits per heavy atom. The Hall–Kier alpha value is -3.34. The summed E-state index contributed by atoms with van der Waals surface area (Å²) in [5.74, 6) is -12.4. The van der Waals surface area contributed by atoms with Crippen molar-refractivity contribution in [2.75, 3.05) is 0 Å². The first-order valence-electron chi connectivity index (χ1n) is 9.99. The molecule has 0 bridgehead atoms. The van der Waals surface area contributed by atoms with Gasteiger partial charge in [0.15, 0.2) is 34.7 Å². The van der Waals surface area contributed by atoms with E-state index in [-0.39, 0.29) is 18.4 Å². The van der Waals surface area contributed by atoms with Gasteiger partial charge in [-0.05, 0) is 36.0 Å². The second-order valence-electron chi connectivity index (χ2n) is 8.70. The maximum absolute atomic E-state index is 13.3. The minimum atomic E-state index is -4.82. The third-order valence-electron chi connectivity index (χ3n) is 6.95. The van der Waals surface area contributed by atoms with Gasteiger partial charge in [0.05, 0.1) is 17.1 Å². The minimum Gasteiger partial charge on any atom is -0.507 e. The van der Waals surface area contributed by atoms with Gasteiger partial charge in [0.1, 0.15) is 5.75 Å². The lowest BCUT2D eigenvalue weighted by Gasteiger charge is -2.48. The van der Waals surface area contributed by atoms with Crippen molar-refractivity contribution in [1.82, 2.24) is 0 Å². The number of benzene rings is 1. The van der Waals surface area contributed by atoms with E-state index in [9.17, 15) is 47.4 Å². The number of Topliss-reactive ketones (excluding diaryl/α,β-unsaturated/α-hetero) is 4. The number of amides is 1. The van der Waals surface area contributed by atoms with Gasteiger partial charge in [0.2, 0.25) is 5.91 Å².